The number of aryl methyl sites for hydroxylation is 2. The van der Waals surface area contributed by atoms with Crippen LogP contribution in [0, 0.1) is 13.8 Å². The highest BCUT2D eigenvalue weighted by Crippen LogP contribution is 2.31. The van der Waals surface area contributed by atoms with Gasteiger partial charge in [-0.25, -0.2) is 9.97 Å². The molecule has 6 nitrogen and oxygen atoms in total. The molecule has 0 unspecified atom stereocenters. The van der Waals surface area contributed by atoms with Gasteiger partial charge in [-0.3, -0.25) is 9.59 Å². The van der Waals surface area contributed by atoms with Crippen LogP contribution in [-0.4, -0.2) is 45.2 Å². The number of ether oxygens (including phenoxy) is 1. The number of hydrogen-bond donors (Lipinski definition) is 0. The molecule has 1 aromatic carbocycles. The van der Waals surface area contributed by atoms with Gasteiger partial charge in [0.25, 0.3) is 0 Å². The molecular formula is C22H23N3O3S2. The molecule has 0 bridgehead atoms. The summed E-state index contributed by atoms with van der Waals surface area (Å²) in [4.78, 5) is 37.0. The maximum atomic E-state index is 13.1. The predicted octanol–water partition coefficient (Wildman–Crippen LogP) is 4.06. The summed E-state index contributed by atoms with van der Waals surface area (Å²) in [6.45, 7) is 5.87. The largest absolute Gasteiger partial charge is 0.488 e. The van der Waals surface area contributed by atoms with Gasteiger partial charge in [0.15, 0.2) is 5.78 Å². The number of thiazole rings is 2. The zero-order valence-electron chi connectivity index (χ0n) is 17.1. The summed E-state index contributed by atoms with van der Waals surface area (Å²) in [6, 6.07) is 9.02. The van der Waals surface area contributed by atoms with Crippen molar-refractivity contribution in [2.75, 3.05) is 6.54 Å². The van der Waals surface area contributed by atoms with Gasteiger partial charge < -0.3 is 9.64 Å². The predicted molar refractivity (Wildman–Crippen MR) is 118 cm³/mol. The molecule has 4 rings (SSSR count). The summed E-state index contributed by atoms with van der Waals surface area (Å²) in [5.74, 6) is 0.643. The number of likely N-dealkylation sites (tertiary alicyclic amines) is 1. The Labute approximate surface area is 183 Å². The van der Waals surface area contributed by atoms with Gasteiger partial charge in [-0.2, -0.15) is 0 Å². The molecule has 0 radical (unpaired) electrons. The van der Waals surface area contributed by atoms with Crippen LogP contribution in [0.1, 0.15) is 29.1 Å². The fourth-order valence-electron chi connectivity index (χ4n) is 3.76. The average molecular weight is 442 g/mol. The van der Waals surface area contributed by atoms with Crippen molar-refractivity contribution >= 4 is 34.4 Å². The highest BCUT2D eigenvalue weighted by atomic mass is 32.1. The van der Waals surface area contributed by atoms with Crippen LogP contribution >= 0.6 is 22.7 Å². The number of nitrogens with zero attached hydrogens (tertiary/aromatic N) is 3. The van der Waals surface area contributed by atoms with Crippen LogP contribution in [0.3, 0.4) is 0 Å². The molecule has 0 saturated carbocycles. The second-order valence-corrected chi connectivity index (χ2v) is 9.54. The van der Waals surface area contributed by atoms with Crippen LogP contribution in [0.4, 0.5) is 0 Å². The minimum absolute atomic E-state index is 0.00229. The molecule has 3 aromatic rings. The van der Waals surface area contributed by atoms with Gasteiger partial charge in [-0.15, -0.1) is 22.7 Å². The number of hydrogen-bond acceptors (Lipinski definition) is 7. The first-order valence-electron chi connectivity index (χ1n) is 9.81. The Bertz CT molecular complexity index is 1060. The molecule has 1 aliphatic heterocycles. The van der Waals surface area contributed by atoms with Crippen LogP contribution in [0.5, 0.6) is 5.75 Å². The highest BCUT2D eigenvalue weighted by Gasteiger charge is 2.39. The van der Waals surface area contributed by atoms with Crippen molar-refractivity contribution in [2.45, 2.75) is 45.8 Å². The van der Waals surface area contributed by atoms with Gasteiger partial charge in [0.1, 0.15) is 16.9 Å². The normalized spacial score (nSPS) is 18.6. The van der Waals surface area contributed by atoms with Crippen molar-refractivity contribution in [1.82, 2.24) is 14.9 Å². The Balaban J connectivity index is 1.45. The molecule has 0 spiro atoms. The Kier molecular flexibility index (Phi) is 5.97. The van der Waals surface area contributed by atoms with Crippen molar-refractivity contribution in [3.05, 3.63) is 51.4 Å². The van der Waals surface area contributed by atoms with Crippen molar-refractivity contribution in [1.29, 1.82) is 0 Å². The third-order valence-corrected chi connectivity index (χ3v) is 7.04. The van der Waals surface area contributed by atoms with Gasteiger partial charge in [0.05, 0.1) is 40.3 Å². The lowest BCUT2D eigenvalue weighted by molar-refractivity contribution is -0.135. The zero-order chi connectivity index (χ0) is 21.3. The van der Waals surface area contributed by atoms with Crippen molar-refractivity contribution < 1.29 is 14.3 Å². The number of aromatic nitrogens is 2. The third kappa shape index (κ3) is 4.44. The van der Waals surface area contributed by atoms with E-state index < -0.39 is 6.04 Å². The molecule has 1 aliphatic rings. The van der Waals surface area contributed by atoms with Crippen molar-refractivity contribution in [3.8, 4) is 16.3 Å². The Morgan fingerprint density at radius 3 is 2.63 bits per heavy atom. The SMILES string of the molecule is CC(=O)N1C[C@H](Oc2ccccc2)C[C@H]1C(=O)Cc1nc(-c2sc(C)nc2C)cs1. The Morgan fingerprint density at radius 2 is 1.97 bits per heavy atom. The van der Waals surface area contributed by atoms with E-state index in [2.05, 4.69) is 9.97 Å². The number of Topliss-reactive ketones (excluding diaryl/α,β-unsaturated/α-hetero) is 1. The molecule has 1 amide bonds. The summed E-state index contributed by atoms with van der Waals surface area (Å²) in [5.41, 5.74) is 1.83. The van der Waals surface area contributed by atoms with E-state index in [9.17, 15) is 9.59 Å². The quantitative estimate of drug-likeness (QED) is 0.577. The summed E-state index contributed by atoms with van der Waals surface area (Å²) < 4.78 is 6.00. The standard InChI is InChI=1S/C22H23N3O3S2/c1-13-22(30-14(2)23-13)18-12-29-21(24-18)10-20(27)19-9-17(11-25(19)15(3)26)28-16-7-5-4-6-8-16/h4-8,12,17,19H,9-11H2,1-3H3/t17-,19+/m1/s1. The van der Waals surface area contributed by atoms with Crippen LogP contribution in [0.25, 0.3) is 10.6 Å². The Hall–Kier alpha value is -2.58. The van der Waals surface area contributed by atoms with E-state index in [0.29, 0.717) is 13.0 Å². The van der Waals surface area contributed by atoms with Crippen LogP contribution in [-0.2, 0) is 16.0 Å². The maximum Gasteiger partial charge on any atom is 0.220 e. The van der Waals surface area contributed by atoms with Crippen molar-refractivity contribution in [2.24, 2.45) is 0 Å². The molecule has 2 atom stereocenters. The van der Waals surface area contributed by atoms with E-state index in [-0.39, 0.29) is 24.2 Å². The summed E-state index contributed by atoms with van der Waals surface area (Å²) in [6.07, 6.45) is 0.520. The minimum Gasteiger partial charge on any atom is -0.488 e. The van der Waals surface area contributed by atoms with E-state index in [1.54, 1.807) is 16.2 Å². The number of carbonyl (C=O) groups is 2. The molecule has 0 aliphatic carbocycles. The van der Waals surface area contributed by atoms with Gasteiger partial charge >= 0.3 is 0 Å². The van der Waals surface area contributed by atoms with E-state index in [4.69, 9.17) is 4.74 Å². The fourth-order valence-corrected chi connectivity index (χ4v) is 5.51. The number of rotatable bonds is 6. The van der Waals surface area contributed by atoms with E-state index in [0.717, 1.165) is 32.0 Å². The molecule has 0 N–H and O–H groups in total. The number of amides is 1. The number of carbonyl (C=O) groups excluding carboxylic acids is 2. The lowest BCUT2D eigenvalue weighted by atomic mass is 10.1. The first-order valence-corrected chi connectivity index (χ1v) is 11.5. The molecule has 30 heavy (non-hydrogen) atoms. The van der Waals surface area contributed by atoms with E-state index in [1.165, 1.54) is 18.3 Å². The summed E-state index contributed by atoms with van der Waals surface area (Å²) >= 11 is 3.08. The third-order valence-electron chi connectivity index (χ3n) is 5.10. The first kappa shape index (κ1) is 20.7. The van der Waals surface area contributed by atoms with Crippen LogP contribution in [0.15, 0.2) is 35.7 Å². The molecule has 1 saturated heterocycles. The molecule has 8 heteroatoms. The monoisotopic (exact) mass is 441 g/mol. The molecule has 2 aromatic heterocycles. The minimum atomic E-state index is -0.476. The molecule has 3 heterocycles. The first-order chi connectivity index (χ1) is 14.4. The number of para-hydroxylation sites is 1. The van der Waals surface area contributed by atoms with Gasteiger partial charge in [-0.1, -0.05) is 18.2 Å². The lowest BCUT2D eigenvalue weighted by Crippen LogP contribution is -2.40. The summed E-state index contributed by atoms with van der Waals surface area (Å²) in [7, 11) is 0. The molecule has 156 valence electrons. The second kappa shape index (κ2) is 8.65. The van der Waals surface area contributed by atoms with Crippen molar-refractivity contribution in [3.63, 3.8) is 0 Å². The Morgan fingerprint density at radius 1 is 1.20 bits per heavy atom. The van der Waals surface area contributed by atoms with E-state index in [1.807, 2.05) is 49.6 Å². The second-order valence-electron chi connectivity index (χ2n) is 7.39. The fraction of sp³-hybridized carbons (Fsp3) is 0.364. The average Bonchev–Trinajstić information content (AvgIpc) is 3.41. The molecule has 1 fully saturated rings. The maximum absolute atomic E-state index is 13.1. The summed E-state index contributed by atoms with van der Waals surface area (Å²) in [5, 5.41) is 3.73. The number of benzene rings is 1. The number of ketones is 1. The zero-order valence-corrected chi connectivity index (χ0v) is 18.8. The van der Waals surface area contributed by atoms with Gasteiger partial charge in [0.2, 0.25) is 5.91 Å². The smallest absolute Gasteiger partial charge is 0.220 e. The van der Waals surface area contributed by atoms with Gasteiger partial charge in [-0.05, 0) is 26.0 Å². The molecular weight excluding hydrogens is 418 g/mol. The van der Waals surface area contributed by atoms with Crippen LogP contribution in [0.2, 0.25) is 0 Å². The highest BCUT2D eigenvalue weighted by molar-refractivity contribution is 7.16. The van der Waals surface area contributed by atoms with Crippen LogP contribution < -0.4 is 4.74 Å². The topological polar surface area (TPSA) is 72.4 Å². The lowest BCUT2D eigenvalue weighted by Gasteiger charge is -2.21. The van der Waals surface area contributed by atoms with E-state index >= 15 is 0 Å². The van der Waals surface area contributed by atoms with Gasteiger partial charge in [0, 0.05) is 18.7 Å².